The highest BCUT2D eigenvalue weighted by Crippen LogP contribution is 2.25. The molecule has 0 saturated heterocycles. The van der Waals surface area contributed by atoms with Crippen LogP contribution in [0.2, 0.25) is 0 Å². The molecule has 1 atom stereocenters. The monoisotopic (exact) mass is 444 g/mol. The number of ether oxygens (including phenoxy) is 1. The van der Waals surface area contributed by atoms with Crippen molar-refractivity contribution in [1.82, 2.24) is 10.2 Å². The van der Waals surface area contributed by atoms with Gasteiger partial charge in [0.2, 0.25) is 5.91 Å². The van der Waals surface area contributed by atoms with Gasteiger partial charge in [0.25, 0.3) is 5.91 Å². The molecule has 1 aliphatic rings. The van der Waals surface area contributed by atoms with E-state index in [2.05, 4.69) is 5.32 Å². The Hall–Kier alpha value is -3.34. The maximum absolute atomic E-state index is 13.3. The molecule has 5 nitrogen and oxygen atoms in total. The first kappa shape index (κ1) is 22.8. The summed E-state index contributed by atoms with van der Waals surface area (Å²) in [7, 11) is 0. The van der Waals surface area contributed by atoms with Crippen molar-refractivity contribution in [2.75, 3.05) is 6.61 Å². The van der Waals surface area contributed by atoms with E-state index in [1.54, 1.807) is 11.8 Å². The summed E-state index contributed by atoms with van der Waals surface area (Å²) in [6.45, 7) is 4.06. The van der Waals surface area contributed by atoms with E-state index in [0.717, 1.165) is 47.6 Å². The van der Waals surface area contributed by atoms with Crippen LogP contribution >= 0.6 is 0 Å². The van der Waals surface area contributed by atoms with E-state index in [1.807, 2.05) is 73.7 Å². The zero-order valence-electron chi connectivity index (χ0n) is 19.4. The molecule has 0 bridgehead atoms. The number of hydrogen-bond donors (Lipinski definition) is 1. The van der Waals surface area contributed by atoms with Gasteiger partial charge in [-0.1, -0.05) is 79.1 Å². The summed E-state index contributed by atoms with van der Waals surface area (Å²) in [5.41, 5.74) is 2.14. The molecule has 1 N–H and O–H groups in total. The second kappa shape index (κ2) is 10.5. The van der Waals surface area contributed by atoms with Gasteiger partial charge in [0, 0.05) is 18.0 Å². The smallest absolute Gasteiger partial charge is 0.261 e. The Morgan fingerprint density at radius 1 is 1.00 bits per heavy atom. The first-order valence-electron chi connectivity index (χ1n) is 11.8. The zero-order valence-corrected chi connectivity index (χ0v) is 19.4. The van der Waals surface area contributed by atoms with E-state index >= 15 is 0 Å². The largest absolute Gasteiger partial charge is 0.483 e. The topological polar surface area (TPSA) is 58.6 Å². The van der Waals surface area contributed by atoms with Crippen LogP contribution in [0, 0.1) is 6.92 Å². The molecule has 0 unspecified atom stereocenters. The molecule has 0 spiro atoms. The van der Waals surface area contributed by atoms with E-state index in [-0.39, 0.29) is 24.5 Å². The Morgan fingerprint density at radius 3 is 2.45 bits per heavy atom. The van der Waals surface area contributed by atoms with E-state index in [0.29, 0.717) is 12.3 Å². The van der Waals surface area contributed by atoms with Crippen LogP contribution in [0.1, 0.15) is 43.7 Å². The van der Waals surface area contributed by atoms with Crippen LogP contribution in [0.3, 0.4) is 0 Å². The van der Waals surface area contributed by atoms with Crippen LogP contribution in [0.25, 0.3) is 10.8 Å². The van der Waals surface area contributed by atoms with Crippen molar-refractivity contribution in [2.24, 2.45) is 0 Å². The summed E-state index contributed by atoms with van der Waals surface area (Å²) in [4.78, 5) is 27.9. The molecule has 33 heavy (non-hydrogen) atoms. The van der Waals surface area contributed by atoms with Crippen LogP contribution in [0.15, 0.2) is 66.7 Å². The van der Waals surface area contributed by atoms with Crippen molar-refractivity contribution in [2.45, 2.75) is 58.2 Å². The van der Waals surface area contributed by atoms with Crippen LogP contribution in [-0.2, 0) is 16.1 Å². The third-order valence-corrected chi connectivity index (χ3v) is 6.44. The molecule has 5 heteroatoms. The molecular weight excluding hydrogens is 412 g/mol. The maximum atomic E-state index is 13.3. The number of nitrogens with one attached hydrogen (secondary N) is 1. The predicted octanol–water partition coefficient (Wildman–Crippen LogP) is 5.00. The lowest BCUT2D eigenvalue weighted by atomic mass is 10.1. The Bertz CT molecular complexity index is 1100. The lowest BCUT2D eigenvalue weighted by Crippen LogP contribution is -2.50. The molecule has 1 aliphatic carbocycles. The first-order chi connectivity index (χ1) is 16.0. The lowest BCUT2D eigenvalue weighted by Gasteiger charge is -2.29. The highest BCUT2D eigenvalue weighted by molar-refractivity contribution is 5.90. The minimum Gasteiger partial charge on any atom is -0.483 e. The Morgan fingerprint density at radius 2 is 1.70 bits per heavy atom. The van der Waals surface area contributed by atoms with Crippen molar-refractivity contribution < 1.29 is 14.3 Å². The Kier molecular flexibility index (Phi) is 7.28. The number of nitrogens with zero attached hydrogens (tertiary/aromatic N) is 1. The summed E-state index contributed by atoms with van der Waals surface area (Å²) >= 11 is 0. The minimum absolute atomic E-state index is 0.104. The fourth-order valence-corrected chi connectivity index (χ4v) is 4.41. The van der Waals surface area contributed by atoms with Crippen LogP contribution in [0.5, 0.6) is 5.75 Å². The van der Waals surface area contributed by atoms with Gasteiger partial charge in [0.1, 0.15) is 11.8 Å². The van der Waals surface area contributed by atoms with Crippen LogP contribution in [-0.4, -0.2) is 35.4 Å². The van der Waals surface area contributed by atoms with Crippen molar-refractivity contribution in [1.29, 1.82) is 0 Å². The molecule has 2 amide bonds. The number of amides is 2. The van der Waals surface area contributed by atoms with Gasteiger partial charge in [-0.25, -0.2) is 0 Å². The molecule has 3 aromatic rings. The fraction of sp³-hybridized carbons (Fsp3) is 0.357. The van der Waals surface area contributed by atoms with Gasteiger partial charge >= 0.3 is 0 Å². The highest BCUT2D eigenvalue weighted by Gasteiger charge is 2.28. The number of rotatable bonds is 8. The number of hydrogen-bond acceptors (Lipinski definition) is 3. The Labute approximate surface area is 195 Å². The molecule has 4 rings (SSSR count). The molecule has 1 fully saturated rings. The summed E-state index contributed by atoms with van der Waals surface area (Å²) in [5.74, 6) is 0.352. The summed E-state index contributed by atoms with van der Waals surface area (Å²) < 4.78 is 5.96. The molecule has 0 aromatic heterocycles. The van der Waals surface area contributed by atoms with Gasteiger partial charge < -0.3 is 15.0 Å². The molecule has 0 radical (unpaired) electrons. The van der Waals surface area contributed by atoms with Crippen LogP contribution in [0.4, 0.5) is 0 Å². The average molecular weight is 445 g/mol. The molecule has 1 saturated carbocycles. The van der Waals surface area contributed by atoms with Gasteiger partial charge in [-0.3, -0.25) is 9.59 Å². The highest BCUT2D eigenvalue weighted by atomic mass is 16.5. The van der Waals surface area contributed by atoms with Crippen molar-refractivity contribution in [3.63, 3.8) is 0 Å². The number of carbonyl (C=O) groups excluding carboxylic acids is 2. The van der Waals surface area contributed by atoms with Crippen LogP contribution < -0.4 is 10.1 Å². The molecule has 172 valence electrons. The van der Waals surface area contributed by atoms with E-state index in [1.165, 1.54) is 0 Å². The third kappa shape index (κ3) is 5.72. The third-order valence-electron chi connectivity index (χ3n) is 6.44. The number of aryl methyl sites for hydroxylation is 1. The van der Waals surface area contributed by atoms with E-state index in [9.17, 15) is 9.59 Å². The second-order valence-corrected chi connectivity index (χ2v) is 8.94. The van der Waals surface area contributed by atoms with Gasteiger partial charge in [-0.15, -0.1) is 0 Å². The lowest BCUT2D eigenvalue weighted by molar-refractivity contribution is -0.142. The van der Waals surface area contributed by atoms with Gasteiger partial charge in [-0.05, 0) is 43.7 Å². The first-order valence-corrected chi connectivity index (χ1v) is 11.8. The van der Waals surface area contributed by atoms with Crippen molar-refractivity contribution in [3.05, 3.63) is 77.9 Å². The molecule has 0 heterocycles. The summed E-state index contributed by atoms with van der Waals surface area (Å²) in [6, 6.07) is 21.4. The summed E-state index contributed by atoms with van der Waals surface area (Å²) in [6.07, 6.45) is 4.30. The fourth-order valence-electron chi connectivity index (χ4n) is 4.41. The summed E-state index contributed by atoms with van der Waals surface area (Å²) in [5, 5.41) is 5.15. The number of fused-ring (bicyclic) bond motifs is 1. The van der Waals surface area contributed by atoms with Crippen molar-refractivity contribution >= 4 is 22.6 Å². The molecular formula is C28H32N2O3. The number of benzene rings is 3. The molecule has 0 aliphatic heterocycles. The quantitative estimate of drug-likeness (QED) is 0.532. The zero-order chi connectivity index (χ0) is 23.2. The molecule has 3 aromatic carbocycles. The minimum atomic E-state index is -0.587. The SMILES string of the molecule is Cc1ccc(CN(C(=O)COc2cccc3ccccc23)[C@H](C)C(=O)NC2CCCC2)cc1. The predicted molar refractivity (Wildman–Crippen MR) is 131 cm³/mol. The number of carbonyl (C=O) groups is 2. The van der Waals surface area contributed by atoms with Gasteiger partial charge in [0.05, 0.1) is 0 Å². The van der Waals surface area contributed by atoms with E-state index in [4.69, 9.17) is 4.74 Å². The average Bonchev–Trinajstić information content (AvgIpc) is 3.34. The second-order valence-electron chi connectivity index (χ2n) is 8.94. The Balaban J connectivity index is 1.50. The standard InChI is InChI=1S/C28H32N2O3/c1-20-14-16-22(17-15-20)18-30(21(2)28(32)29-24-10-4-5-11-24)27(31)19-33-26-13-7-9-23-8-3-6-12-25(23)26/h3,6-9,12-17,21,24H,4-5,10-11,18-19H2,1-2H3,(H,29,32)/t21-/m1/s1. The maximum Gasteiger partial charge on any atom is 0.261 e. The van der Waals surface area contributed by atoms with Crippen molar-refractivity contribution in [3.8, 4) is 5.75 Å². The van der Waals surface area contributed by atoms with Gasteiger partial charge in [0.15, 0.2) is 6.61 Å². The van der Waals surface area contributed by atoms with E-state index < -0.39 is 6.04 Å². The van der Waals surface area contributed by atoms with Gasteiger partial charge in [-0.2, -0.15) is 0 Å². The normalized spacial score (nSPS) is 14.7.